The summed E-state index contributed by atoms with van der Waals surface area (Å²) in [7, 11) is 0. The third kappa shape index (κ3) is 3.11. The number of nitrogen functional groups attached to an aromatic ring is 1. The van der Waals surface area contributed by atoms with Crippen LogP contribution in [0.25, 0.3) is 0 Å². The third-order valence-corrected chi connectivity index (χ3v) is 2.70. The van der Waals surface area contributed by atoms with Crippen LogP contribution in [-0.4, -0.2) is 21.4 Å². The topological polar surface area (TPSA) is 102 Å². The summed E-state index contributed by atoms with van der Waals surface area (Å²) in [6.07, 6.45) is 1.90. The van der Waals surface area contributed by atoms with Gasteiger partial charge in [-0.2, -0.15) is 0 Å². The quantitative estimate of drug-likeness (QED) is 0.323. The van der Waals surface area contributed by atoms with E-state index in [2.05, 4.69) is 25.9 Å². The van der Waals surface area contributed by atoms with Crippen LogP contribution in [0.3, 0.4) is 0 Å². The van der Waals surface area contributed by atoms with Crippen molar-refractivity contribution < 1.29 is 4.52 Å². The van der Waals surface area contributed by atoms with Crippen LogP contribution < -0.4 is 16.6 Å². The van der Waals surface area contributed by atoms with Gasteiger partial charge in [-0.25, -0.2) is 15.8 Å². The number of hydrazine groups is 1. The molecular formula is C10H14N6OS. The lowest BCUT2D eigenvalue weighted by molar-refractivity contribution is 0.384. The molecule has 0 aliphatic carbocycles. The van der Waals surface area contributed by atoms with Crippen molar-refractivity contribution >= 4 is 23.4 Å². The van der Waals surface area contributed by atoms with Crippen molar-refractivity contribution in [2.75, 3.05) is 17.0 Å². The molecule has 0 atom stereocenters. The molecule has 0 saturated heterocycles. The minimum Gasteiger partial charge on any atom is -0.363 e. The minimum atomic E-state index is 0.510. The lowest BCUT2D eigenvalue weighted by Gasteiger charge is -2.07. The molecular weight excluding hydrogens is 252 g/mol. The summed E-state index contributed by atoms with van der Waals surface area (Å²) in [5.41, 5.74) is 3.35. The van der Waals surface area contributed by atoms with Crippen LogP contribution in [-0.2, 0) is 6.54 Å². The van der Waals surface area contributed by atoms with Crippen LogP contribution in [0.4, 0.5) is 11.6 Å². The first-order chi connectivity index (χ1) is 8.71. The van der Waals surface area contributed by atoms with Crippen LogP contribution in [0, 0.1) is 6.92 Å². The standard InChI is InChI=1S/C10H14N6OS/c1-6-3-7(17-16-6)5-12-8-4-9(15-11)14-10(13-8)18-2/h3-4H,5,11H2,1-2H3,(H2,12,13,14,15). The van der Waals surface area contributed by atoms with Gasteiger partial charge >= 0.3 is 0 Å². The smallest absolute Gasteiger partial charge is 0.191 e. The summed E-state index contributed by atoms with van der Waals surface area (Å²) in [4.78, 5) is 8.47. The van der Waals surface area contributed by atoms with Crippen LogP contribution in [0.1, 0.15) is 11.5 Å². The fourth-order valence-corrected chi connectivity index (χ4v) is 1.74. The van der Waals surface area contributed by atoms with Crippen LogP contribution >= 0.6 is 11.8 Å². The van der Waals surface area contributed by atoms with Gasteiger partial charge in [-0.15, -0.1) is 0 Å². The Bertz CT molecular complexity index is 507. The fraction of sp³-hybridized carbons (Fsp3) is 0.300. The third-order valence-electron chi connectivity index (χ3n) is 2.16. The average molecular weight is 266 g/mol. The normalized spacial score (nSPS) is 10.4. The number of anilines is 2. The summed E-state index contributed by atoms with van der Waals surface area (Å²) in [5, 5.41) is 7.58. The van der Waals surface area contributed by atoms with Crippen LogP contribution in [0.5, 0.6) is 0 Å². The first-order valence-corrected chi connectivity index (χ1v) is 6.49. The molecule has 0 aliphatic rings. The van der Waals surface area contributed by atoms with Gasteiger partial charge in [0, 0.05) is 12.1 Å². The van der Waals surface area contributed by atoms with Crippen molar-refractivity contribution in [1.82, 2.24) is 15.1 Å². The molecule has 0 aromatic carbocycles. The van der Waals surface area contributed by atoms with Gasteiger partial charge in [-0.1, -0.05) is 16.9 Å². The number of hydrogen-bond donors (Lipinski definition) is 3. The Kier molecular flexibility index (Phi) is 4.00. The molecule has 0 radical (unpaired) electrons. The van der Waals surface area contributed by atoms with E-state index in [0.29, 0.717) is 23.3 Å². The van der Waals surface area contributed by atoms with Crippen molar-refractivity contribution in [1.29, 1.82) is 0 Å². The molecule has 0 saturated carbocycles. The summed E-state index contributed by atoms with van der Waals surface area (Å²) in [6, 6.07) is 3.59. The van der Waals surface area contributed by atoms with Crippen LogP contribution in [0.15, 0.2) is 21.8 Å². The monoisotopic (exact) mass is 266 g/mol. The maximum Gasteiger partial charge on any atom is 0.191 e. The number of rotatable bonds is 5. The highest BCUT2D eigenvalue weighted by molar-refractivity contribution is 7.98. The van der Waals surface area contributed by atoms with E-state index in [-0.39, 0.29) is 0 Å². The van der Waals surface area contributed by atoms with Gasteiger partial charge in [0.15, 0.2) is 10.9 Å². The summed E-state index contributed by atoms with van der Waals surface area (Å²) >= 11 is 1.44. The van der Waals surface area contributed by atoms with Gasteiger partial charge in [0.25, 0.3) is 0 Å². The average Bonchev–Trinajstić information content (AvgIpc) is 2.81. The molecule has 96 valence electrons. The number of nitrogens with two attached hydrogens (primary N) is 1. The Morgan fingerprint density at radius 2 is 2.11 bits per heavy atom. The zero-order valence-electron chi connectivity index (χ0n) is 10.1. The van der Waals surface area contributed by atoms with Gasteiger partial charge < -0.3 is 15.3 Å². The Labute approximate surface area is 109 Å². The lowest BCUT2D eigenvalue weighted by atomic mass is 10.4. The summed E-state index contributed by atoms with van der Waals surface area (Å²) in [6.45, 7) is 2.38. The van der Waals surface area contributed by atoms with Gasteiger partial charge in [-0.05, 0) is 13.2 Å². The van der Waals surface area contributed by atoms with Gasteiger partial charge in [0.2, 0.25) is 0 Å². The molecule has 0 spiro atoms. The molecule has 0 fully saturated rings. The zero-order chi connectivity index (χ0) is 13.0. The Morgan fingerprint density at radius 3 is 2.72 bits per heavy atom. The first kappa shape index (κ1) is 12.7. The summed E-state index contributed by atoms with van der Waals surface area (Å²) < 4.78 is 5.10. The highest BCUT2D eigenvalue weighted by atomic mass is 32.2. The van der Waals surface area contributed by atoms with Crippen molar-refractivity contribution in [3.63, 3.8) is 0 Å². The van der Waals surface area contributed by atoms with E-state index in [9.17, 15) is 0 Å². The van der Waals surface area contributed by atoms with E-state index in [1.807, 2.05) is 19.2 Å². The van der Waals surface area contributed by atoms with Crippen molar-refractivity contribution in [2.24, 2.45) is 5.84 Å². The second-order valence-corrected chi connectivity index (χ2v) is 4.33. The molecule has 2 aromatic rings. The number of aryl methyl sites for hydroxylation is 1. The van der Waals surface area contributed by atoms with Crippen LogP contribution in [0.2, 0.25) is 0 Å². The highest BCUT2D eigenvalue weighted by Gasteiger charge is 2.05. The molecule has 18 heavy (non-hydrogen) atoms. The molecule has 2 aromatic heterocycles. The second kappa shape index (κ2) is 5.69. The van der Waals surface area contributed by atoms with E-state index < -0.39 is 0 Å². The molecule has 8 heteroatoms. The number of nitrogens with zero attached hydrogens (tertiary/aromatic N) is 3. The zero-order valence-corrected chi connectivity index (χ0v) is 10.9. The lowest BCUT2D eigenvalue weighted by Crippen LogP contribution is -2.11. The highest BCUT2D eigenvalue weighted by Crippen LogP contribution is 2.17. The maximum absolute atomic E-state index is 5.35. The molecule has 0 aliphatic heterocycles. The van der Waals surface area contributed by atoms with E-state index in [4.69, 9.17) is 10.4 Å². The molecule has 0 amide bonds. The predicted molar refractivity (Wildman–Crippen MR) is 70.2 cm³/mol. The number of aromatic nitrogens is 3. The number of hydrogen-bond acceptors (Lipinski definition) is 8. The van der Waals surface area contributed by atoms with E-state index >= 15 is 0 Å². The second-order valence-electron chi connectivity index (χ2n) is 3.56. The minimum absolute atomic E-state index is 0.510. The largest absolute Gasteiger partial charge is 0.363 e. The van der Waals surface area contributed by atoms with E-state index in [1.165, 1.54) is 11.8 Å². The summed E-state index contributed by atoms with van der Waals surface area (Å²) in [5.74, 6) is 7.33. The molecule has 4 N–H and O–H groups in total. The van der Waals surface area contributed by atoms with Gasteiger partial charge in [0.1, 0.15) is 11.6 Å². The van der Waals surface area contributed by atoms with E-state index in [0.717, 1.165) is 11.5 Å². The van der Waals surface area contributed by atoms with Gasteiger partial charge in [-0.3, -0.25) is 0 Å². The molecule has 2 heterocycles. The fourth-order valence-electron chi connectivity index (χ4n) is 1.36. The van der Waals surface area contributed by atoms with Crippen molar-refractivity contribution in [3.05, 3.63) is 23.6 Å². The molecule has 0 unspecified atom stereocenters. The Hall–Kier alpha value is -1.80. The Balaban J connectivity index is 2.08. The number of nitrogens with one attached hydrogen (secondary N) is 2. The number of thioether (sulfide) groups is 1. The Morgan fingerprint density at radius 1 is 1.33 bits per heavy atom. The molecule has 7 nitrogen and oxygen atoms in total. The predicted octanol–water partition coefficient (Wildman–Crippen LogP) is 1.39. The molecule has 2 rings (SSSR count). The SMILES string of the molecule is CSc1nc(NN)cc(NCc2cc(C)no2)n1. The van der Waals surface area contributed by atoms with Crippen molar-refractivity contribution in [3.8, 4) is 0 Å². The maximum atomic E-state index is 5.35. The van der Waals surface area contributed by atoms with E-state index in [1.54, 1.807) is 6.07 Å². The first-order valence-electron chi connectivity index (χ1n) is 5.27. The van der Waals surface area contributed by atoms with Crippen molar-refractivity contribution in [2.45, 2.75) is 18.6 Å². The molecule has 0 bridgehead atoms. The van der Waals surface area contributed by atoms with Gasteiger partial charge in [0.05, 0.1) is 12.2 Å².